The first-order valence-electron chi connectivity index (χ1n) is 14.7. The van der Waals surface area contributed by atoms with Crippen LogP contribution in [-0.2, 0) is 16.6 Å². The normalized spacial score (nSPS) is 13.3. The molecule has 0 saturated carbocycles. The van der Waals surface area contributed by atoms with Gasteiger partial charge in [-0.15, -0.1) is 0 Å². The van der Waals surface area contributed by atoms with Gasteiger partial charge in [-0.3, -0.25) is 4.79 Å². The molecule has 232 valence electrons. The number of rotatable bonds is 9. The molecule has 0 radical (unpaired) electrons. The fourth-order valence-electron chi connectivity index (χ4n) is 5.52. The van der Waals surface area contributed by atoms with Gasteiger partial charge in [0.2, 0.25) is 5.95 Å². The highest BCUT2D eigenvalue weighted by Gasteiger charge is 2.22. The molecule has 2 aromatic heterocycles. The number of carbonyl (C=O) groups excluding carboxylic acids is 1. The van der Waals surface area contributed by atoms with Gasteiger partial charge < -0.3 is 34.3 Å². The number of benzene rings is 3. The van der Waals surface area contributed by atoms with Crippen molar-refractivity contribution in [3.63, 3.8) is 0 Å². The van der Waals surface area contributed by atoms with Crippen molar-refractivity contribution in [2.75, 3.05) is 56.1 Å². The standard InChI is InChI=1S/C35H33N7O4/c1-41-22-26(25-9-5-6-10-30(25)41)27-12-13-37-35(39-27)40-29-19-28(31(20-33(29)45-3)42-14-16-46-17-15-42)38-34(43)24(21-36)18-23-8-4-7-11-32(23)44-2/h4-13,18-20,22H,14-17H2,1-3H3,(H,38,43)(H,37,39,40)/b24-18+. The molecule has 1 saturated heterocycles. The number of aromatic nitrogens is 3. The summed E-state index contributed by atoms with van der Waals surface area (Å²) in [7, 11) is 5.13. The van der Waals surface area contributed by atoms with Gasteiger partial charge in [0.1, 0.15) is 23.1 Å². The molecule has 6 rings (SSSR count). The van der Waals surface area contributed by atoms with Crippen LogP contribution in [-0.4, -0.2) is 61.0 Å². The molecule has 46 heavy (non-hydrogen) atoms. The van der Waals surface area contributed by atoms with Gasteiger partial charge in [-0.25, -0.2) is 9.97 Å². The number of fused-ring (bicyclic) bond motifs is 1. The number of amides is 1. The lowest BCUT2D eigenvalue weighted by Gasteiger charge is -2.31. The van der Waals surface area contributed by atoms with E-state index in [9.17, 15) is 10.1 Å². The number of anilines is 4. The molecule has 0 atom stereocenters. The summed E-state index contributed by atoms with van der Waals surface area (Å²) in [4.78, 5) is 24.9. The Morgan fingerprint density at radius 1 is 1.00 bits per heavy atom. The Balaban J connectivity index is 1.36. The quantitative estimate of drug-likeness (QED) is 0.157. The first kappa shape index (κ1) is 30.2. The number of ether oxygens (including phenoxy) is 3. The predicted octanol–water partition coefficient (Wildman–Crippen LogP) is 5.78. The Morgan fingerprint density at radius 3 is 2.54 bits per heavy atom. The zero-order valence-electron chi connectivity index (χ0n) is 25.8. The van der Waals surface area contributed by atoms with Crippen LogP contribution < -0.4 is 25.0 Å². The van der Waals surface area contributed by atoms with Crippen molar-refractivity contribution in [3.8, 4) is 28.8 Å². The van der Waals surface area contributed by atoms with E-state index in [-0.39, 0.29) is 5.57 Å². The molecule has 3 heterocycles. The van der Waals surface area contributed by atoms with Crippen molar-refractivity contribution in [2.45, 2.75) is 0 Å². The smallest absolute Gasteiger partial charge is 0.266 e. The van der Waals surface area contributed by atoms with Gasteiger partial charge in [-0.2, -0.15) is 5.26 Å². The molecule has 11 nitrogen and oxygen atoms in total. The molecule has 2 N–H and O–H groups in total. The average Bonchev–Trinajstić information content (AvgIpc) is 3.44. The second kappa shape index (κ2) is 13.4. The maximum atomic E-state index is 13.6. The number of hydrogen-bond donors (Lipinski definition) is 2. The van der Waals surface area contributed by atoms with Gasteiger partial charge in [-0.05, 0) is 30.3 Å². The summed E-state index contributed by atoms with van der Waals surface area (Å²) in [5.41, 5.74) is 5.14. The van der Waals surface area contributed by atoms with E-state index in [1.807, 2.05) is 55.7 Å². The zero-order valence-corrected chi connectivity index (χ0v) is 25.8. The number of aryl methyl sites for hydroxylation is 1. The van der Waals surface area contributed by atoms with E-state index in [1.54, 1.807) is 38.6 Å². The molecule has 11 heteroatoms. The summed E-state index contributed by atoms with van der Waals surface area (Å²) in [6.45, 7) is 2.33. The Bertz CT molecular complexity index is 1970. The van der Waals surface area contributed by atoms with Crippen LogP contribution >= 0.6 is 0 Å². The van der Waals surface area contributed by atoms with Crippen LogP contribution in [0.3, 0.4) is 0 Å². The van der Waals surface area contributed by atoms with Crippen molar-refractivity contribution >= 4 is 45.9 Å². The van der Waals surface area contributed by atoms with E-state index in [4.69, 9.17) is 19.2 Å². The SMILES string of the molecule is COc1ccccc1/C=C(\C#N)C(=O)Nc1cc(Nc2nccc(-c3cn(C)c4ccccc34)n2)c(OC)cc1N1CCOCC1. The molecule has 1 amide bonds. The summed E-state index contributed by atoms with van der Waals surface area (Å²) in [6.07, 6.45) is 5.26. The minimum Gasteiger partial charge on any atom is -0.496 e. The Kier molecular flexibility index (Phi) is 8.80. The van der Waals surface area contributed by atoms with E-state index in [1.165, 1.54) is 6.08 Å². The Morgan fingerprint density at radius 2 is 1.76 bits per heavy atom. The molecule has 0 aliphatic carbocycles. The largest absolute Gasteiger partial charge is 0.496 e. The van der Waals surface area contributed by atoms with E-state index in [2.05, 4.69) is 37.2 Å². The van der Waals surface area contributed by atoms with Crippen LogP contribution in [0.1, 0.15) is 5.56 Å². The summed E-state index contributed by atoms with van der Waals surface area (Å²) < 4.78 is 18.8. The summed E-state index contributed by atoms with van der Waals surface area (Å²) in [5.74, 6) is 0.879. The number of nitriles is 1. The van der Waals surface area contributed by atoms with E-state index >= 15 is 0 Å². The zero-order chi connectivity index (χ0) is 32.0. The maximum absolute atomic E-state index is 13.6. The molecule has 3 aromatic carbocycles. The molecular formula is C35H33N7O4. The first-order valence-corrected chi connectivity index (χ1v) is 14.7. The third-order valence-corrected chi connectivity index (χ3v) is 7.80. The molecule has 0 bridgehead atoms. The van der Waals surface area contributed by atoms with Gasteiger partial charge in [-0.1, -0.05) is 36.4 Å². The van der Waals surface area contributed by atoms with Gasteiger partial charge in [0.15, 0.2) is 0 Å². The molecule has 1 aliphatic rings. The third-order valence-electron chi connectivity index (χ3n) is 7.80. The van der Waals surface area contributed by atoms with Gasteiger partial charge in [0.05, 0.1) is 50.2 Å². The molecule has 0 spiro atoms. The van der Waals surface area contributed by atoms with E-state index < -0.39 is 5.91 Å². The number of carbonyl (C=O) groups is 1. The summed E-state index contributed by atoms with van der Waals surface area (Å²) >= 11 is 0. The van der Waals surface area contributed by atoms with Crippen LogP contribution in [0.5, 0.6) is 11.5 Å². The van der Waals surface area contributed by atoms with Crippen molar-refractivity contribution in [1.82, 2.24) is 14.5 Å². The summed E-state index contributed by atoms with van der Waals surface area (Å²) in [6, 6.07) is 22.9. The second-order valence-corrected chi connectivity index (χ2v) is 10.6. The van der Waals surface area contributed by atoms with Crippen LogP contribution in [0, 0.1) is 11.3 Å². The minimum absolute atomic E-state index is 0.0751. The highest BCUT2D eigenvalue weighted by molar-refractivity contribution is 6.11. The van der Waals surface area contributed by atoms with Crippen LogP contribution in [0.2, 0.25) is 0 Å². The van der Waals surface area contributed by atoms with Crippen molar-refractivity contribution in [2.24, 2.45) is 7.05 Å². The van der Waals surface area contributed by atoms with Gasteiger partial charge in [0.25, 0.3) is 5.91 Å². The number of hydrogen-bond acceptors (Lipinski definition) is 9. The highest BCUT2D eigenvalue weighted by Crippen LogP contribution is 2.39. The fraction of sp³-hybridized carbons (Fsp3) is 0.200. The predicted molar refractivity (Wildman–Crippen MR) is 178 cm³/mol. The van der Waals surface area contributed by atoms with Crippen LogP contribution in [0.25, 0.3) is 28.2 Å². The summed E-state index contributed by atoms with van der Waals surface area (Å²) in [5, 5.41) is 17.3. The topological polar surface area (TPSA) is 127 Å². The van der Waals surface area contributed by atoms with Crippen molar-refractivity contribution in [1.29, 1.82) is 5.26 Å². The van der Waals surface area contributed by atoms with Crippen LogP contribution in [0.4, 0.5) is 23.0 Å². The second-order valence-electron chi connectivity index (χ2n) is 10.6. The fourth-order valence-corrected chi connectivity index (χ4v) is 5.52. The number of nitrogens with one attached hydrogen (secondary N) is 2. The molecule has 0 unspecified atom stereocenters. The Hall–Kier alpha value is -5.86. The lowest BCUT2D eigenvalue weighted by Crippen LogP contribution is -2.36. The third kappa shape index (κ3) is 6.20. The van der Waals surface area contributed by atoms with Crippen molar-refractivity contribution < 1.29 is 19.0 Å². The van der Waals surface area contributed by atoms with Gasteiger partial charge >= 0.3 is 0 Å². The molecule has 5 aromatic rings. The highest BCUT2D eigenvalue weighted by atomic mass is 16.5. The molecular weight excluding hydrogens is 582 g/mol. The first-order chi connectivity index (χ1) is 22.5. The lowest BCUT2D eigenvalue weighted by atomic mass is 10.1. The molecule has 1 fully saturated rings. The van der Waals surface area contributed by atoms with Crippen molar-refractivity contribution in [3.05, 3.63) is 90.3 Å². The monoisotopic (exact) mass is 615 g/mol. The number of nitrogens with zero attached hydrogens (tertiary/aromatic N) is 5. The van der Waals surface area contributed by atoms with E-state index in [0.29, 0.717) is 60.7 Å². The number of morpholine rings is 1. The van der Waals surface area contributed by atoms with Crippen LogP contribution in [0.15, 0.2) is 84.7 Å². The van der Waals surface area contributed by atoms with E-state index in [0.717, 1.165) is 27.8 Å². The lowest BCUT2D eigenvalue weighted by molar-refractivity contribution is -0.112. The minimum atomic E-state index is -0.562. The Labute approximate surface area is 266 Å². The number of methoxy groups -OCH3 is 2. The number of para-hydroxylation sites is 2. The average molecular weight is 616 g/mol. The maximum Gasteiger partial charge on any atom is 0.266 e. The van der Waals surface area contributed by atoms with Gasteiger partial charge in [0, 0.05) is 60.6 Å². The molecule has 1 aliphatic heterocycles.